The third-order valence-corrected chi connectivity index (χ3v) is 5.24. The lowest BCUT2D eigenvalue weighted by atomic mass is 10.2. The van der Waals surface area contributed by atoms with Crippen LogP contribution in [0.15, 0.2) is 11.4 Å². The van der Waals surface area contributed by atoms with Crippen LogP contribution in [-0.2, 0) is 12.8 Å². The van der Waals surface area contributed by atoms with Gasteiger partial charge in [-0.25, -0.2) is 4.98 Å². The molecule has 3 rings (SSSR count). The van der Waals surface area contributed by atoms with E-state index >= 15 is 0 Å². The number of carbonyl (C=O) groups is 1. The van der Waals surface area contributed by atoms with Crippen LogP contribution in [0.25, 0.3) is 0 Å². The molecular formula is C13H14N2OS2. The van der Waals surface area contributed by atoms with Crippen molar-refractivity contribution in [1.29, 1.82) is 0 Å². The second kappa shape index (κ2) is 4.48. The van der Waals surface area contributed by atoms with Crippen molar-refractivity contribution in [2.75, 3.05) is 0 Å². The van der Waals surface area contributed by atoms with Gasteiger partial charge in [0.2, 0.25) is 0 Å². The number of thiazole rings is 1. The third kappa shape index (κ3) is 2.08. The average molecular weight is 278 g/mol. The van der Waals surface area contributed by atoms with E-state index in [9.17, 15) is 4.79 Å². The molecule has 94 valence electrons. The molecule has 0 aliphatic heterocycles. The lowest BCUT2D eigenvalue weighted by molar-refractivity contribution is 0.0942. The molecule has 0 saturated heterocycles. The van der Waals surface area contributed by atoms with Crippen LogP contribution in [0.4, 0.5) is 0 Å². The van der Waals surface area contributed by atoms with Gasteiger partial charge in [-0.3, -0.25) is 4.79 Å². The maximum Gasteiger partial charge on any atom is 0.263 e. The van der Waals surface area contributed by atoms with E-state index in [1.54, 1.807) is 11.3 Å². The molecule has 1 amide bonds. The number of hydrogen-bond acceptors (Lipinski definition) is 4. The summed E-state index contributed by atoms with van der Waals surface area (Å²) in [5.41, 5.74) is 2.23. The first-order valence-electron chi connectivity index (χ1n) is 5.93. The molecule has 2 aromatic heterocycles. The van der Waals surface area contributed by atoms with Gasteiger partial charge in [0.15, 0.2) is 0 Å². The van der Waals surface area contributed by atoms with Crippen molar-refractivity contribution in [3.63, 3.8) is 0 Å². The highest BCUT2D eigenvalue weighted by Crippen LogP contribution is 2.27. The molecule has 1 unspecified atom stereocenters. The predicted octanol–water partition coefficient (Wildman–Crippen LogP) is 2.72. The number of aromatic nitrogens is 1. The highest BCUT2D eigenvalue weighted by Gasteiger charge is 2.25. The highest BCUT2D eigenvalue weighted by molar-refractivity contribution is 7.13. The van der Waals surface area contributed by atoms with E-state index in [1.807, 2.05) is 13.8 Å². The van der Waals surface area contributed by atoms with E-state index in [-0.39, 0.29) is 11.9 Å². The van der Waals surface area contributed by atoms with E-state index in [2.05, 4.69) is 21.7 Å². The second-order valence-corrected chi connectivity index (χ2v) is 6.80. The largest absolute Gasteiger partial charge is 0.348 e. The SMILES string of the molecule is Cc1nc(C)c(C(=O)NC2Cc3ccsc3C2)s1. The molecule has 0 spiro atoms. The Morgan fingerprint density at radius 3 is 2.94 bits per heavy atom. The number of carbonyl (C=O) groups excluding carboxylic acids is 1. The molecule has 0 fully saturated rings. The van der Waals surface area contributed by atoms with Gasteiger partial charge < -0.3 is 5.32 Å². The number of rotatable bonds is 2. The summed E-state index contributed by atoms with van der Waals surface area (Å²) < 4.78 is 0. The van der Waals surface area contributed by atoms with Gasteiger partial charge in [0.05, 0.1) is 10.7 Å². The fourth-order valence-corrected chi connectivity index (χ4v) is 4.20. The highest BCUT2D eigenvalue weighted by atomic mass is 32.1. The van der Waals surface area contributed by atoms with Gasteiger partial charge in [0, 0.05) is 17.3 Å². The molecule has 1 N–H and O–H groups in total. The number of hydrogen-bond donors (Lipinski definition) is 1. The first-order chi connectivity index (χ1) is 8.63. The topological polar surface area (TPSA) is 42.0 Å². The van der Waals surface area contributed by atoms with Crippen molar-refractivity contribution < 1.29 is 4.79 Å². The van der Waals surface area contributed by atoms with Gasteiger partial charge in [-0.2, -0.15) is 0 Å². The smallest absolute Gasteiger partial charge is 0.263 e. The first kappa shape index (κ1) is 11.9. The maximum absolute atomic E-state index is 12.2. The molecule has 2 heterocycles. The minimum atomic E-state index is 0.0262. The van der Waals surface area contributed by atoms with Crippen LogP contribution in [0.2, 0.25) is 0 Å². The molecule has 0 saturated carbocycles. The van der Waals surface area contributed by atoms with Gasteiger partial charge >= 0.3 is 0 Å². The van der Waals surface area contributed by atoms with E-state index in [4.69, 9.17) is 0 Å². The van der Waals surface area contributed by atoms with E-state index in [1.165, 1.54) is 21.8 Å². The van der Waals surface area contributed by atoms with Crippen molar-refractivity contribution in [3.8, 4) is 0 Å². The quantitative estimate of drug-likeness (QED) is 0.917. The Bertz CT molecular complexity index is 579. The average Bonchev–Trinajstić information content (AvgIpc) is 2.92. The number of aryl methyl sites for hydroxylation is 2. The van der Waals surface area contributed by atoms with Crippen molar-refractivity contribution in [2.24, 2.45) is 0 Å². The summed E-state index contributed by atoms with van der Waals surface area (Å²) in [6.45, 7) is 3.82. The Kier molecular flexibility index (Phi) is 2.95. The standard InChI is InChI=1S/C13H14N2OS2/c1-7-12(18-8(2)14-7)13(16)15-10-5-9-3-4-17-11(9)6-10/h3-4,10H,5-6H2,1-2H3,(H,15,16). The zero-order chi connectivity index (χ0) is 12.7. The number of nitrogens with zero attached hydrogens (tertiary/aromatic N) is 1. The fraction of sp³-hybridized carbons (Fsp3) is 0.385. The lowest BCUT2D eigenvalue weighted by Gasteiger charge is -2.11. The van der Waals surface area contributed by atoms with Crippen molar-refractivity contribution in [3.05, 3.63) is 37.5 Å². The van der Waals surface area contributed by atoms with Gasteiger partial charge in [0.1, 0.15) is 4.88 Å². The zero-order valence-corrected chi connectivity index (χ0v) is 12.0. The maximum atomic E-state index is 12.2. The Morgan fingerprint density at radius 1 is 1.44 bits per heavy atom. The van der Waals surface area contributed by atoms with E-state index < -0.39 is 0 Å². The number of fused-ring (bicyclic) bond motifs is 1. The van der Waals surface area contributed by atoms with Crippen molar-refractivity contribution in [2.45, 2.75) is 32.7 Å². The number of thiophene rings is 1. The zero-order valence-electron chi connectivity index (χ0n) is 10.3. The molecule has 0 radical (unpaired) electrons. The van der Waals surface area contributed by atoms with Crippen molar-refractivity contribution in [1.82, 2.24) is 10.3 Å². The van der Waals surface area contributed by atoms with E-state index in [0.717, 1.165) is 28.4 Å². The Morgan fingerprint density at radius 2 is 2.28 bits per heavy atom. The van der Waals surface area contributed by atoms with E-state index in [0.29, 0.717) is 0 Å². The number of amides is 1. The van der Waals surface area contributed by atoms with Crippen LogP contribution < -0.4 is 5.32 Å². The molecule has 1 atom stereocenters. The minimum Gasteiger partial charge on any atom is -0.348 e. The molecule has 2 aromatic rings. The van der Waals surface area contributed by atoms with Gasteiger partial charge in [-0.1, -0.05) is 0 Å². The Labute approximate surface area is 114 Å². The van der Waals surface area contributed by atoms with Crippen LogP contribution in [-0.4, -0.2) is 16.9 Å². The minimum absolute atomic E-state index is 0.0262. The monoisotopic (exact) mass is 278 g/mol. The molecular weight excluding hydrogens is 264 g/mol. The molecule has 3 nitrogen and oxygen atoms in total. The van der Waals surface area contributed by atoms with Crippen LogP contribution in [0.3, 0.4) is 0 Å². The summed E-state index contributed by atoms with van der Waals surface area (Å²) in [7, 11) is 0. The molecule has 0 aromatic carbocycles. The van der Waals surface area contributed by atoms with Crippen LogP contribution >= 0.6 is 22.7 Å². The van der Waals surface area contributed by atoms with Gasteiger partial charge in [-0.05, 0) is 37.3 Å². The summed E-state index contributed by atoms with van der Waals surface area (Å²) in [5.74, 6) is 0.0262. The summed E-state index contributed by atoms with van der Waals surface area (Å²) in [4.78, 5) is 18.6. The summed E-state index contributed by atoms with van der Waals surface area (Å²) in [5, 5.41) is 6.19. The van der Waals surface area contributed by atoms with Crippen molar-refractivity contribution >= 4 is 28.6 Å². The van der Waals surface area contributed by atoms with Crippen LogP contribution in [0.5, 0.6) is 0 Å². The second-order valence-electron chi connectivity index (χ2n) is 4.60. The summed E-state index contributed by atoms with van der Waals surface area (Å²) in [6.07, 6.45) is 1.93. The fourth-order valence-electron chi connectivity index (χ4n) is 2.38. The Hall–Kier alpha value is -1.20. The van der Waals surface area contributed by atoms with Crippen LogP contribution in [0, 0.1) is 13.8 Å². The molecule has 5 heteroatoms. The third-order valence-electron chi connectivity index (χ3n) is 3.18. The molecule has 1 aliphatic carbocycles. The molecule has 1 aliphatic rings. The predicted molar refractivity (Wildman–Crippen MR) is 74.6 cm³/mol. The molecule has 18 heavy (non-hydrogen) atoms. The number of nitrogens with one attached hydrogen (secondary N) is 1. The normalized spacial score (nSPS) is 17.8. The first-order valence-corrected chi connectivity index (χ1v) is 7.63. The lowest BCUT2D eigenvalue weighted by Crippen LogP contribution is -2.35. The summed E-state index contributed by atoms with van der Waals surface area (Å²) >= 11 is 3.26. The van der Waals surface area contributed by atoms with Gasteiger partial charge in [-0.15, -0.1) is 22.7 Å². The van der Waals surface area contributed by atoms with Crippen LogP contribution in [0.1, 0.15) is 30.8 Å². The Balaban J connectivity index is 1.69. The summed E-state index contributed by atoms with van der Waals surface area (Å²) in [6, 6.07) is 2.41. The molecule has 0 bridgehead atoms. The van der Waals surface area contributed by atoms with Gasteiger partial charge in [0.25, 0.3) is 5.91 Å².